The molecule has 0 amide bonds. The van der Waals surface area contributed by atoms with Crippen LogP contribution in [0.3, 0.4) is 0 Å². The Kier molecular flexibility index (Phi) is 5.26. The third-order valence-corrected chi connectivity index (χ3v) is 12.9. The van der Waals surface area contributed by atoms with Crippen LogP contribution in [0.25, 0.3) is 54.5 Å². The third-order valence-electron chi connectivity index (χ3n) is 9.82. The second-order valence-corrected chi connectivity index (χ2v) is 15.0. The number of hydrogen-bond acceptors (Lipinski definition) is 1. The summed E-state index contributed by atoms with van der Waals surface area (Å²) in [5, 5.41) is 8.19. The summed E-state index contributed by atoms with van der Waals surface area (Å²) in [5.74, 6) is 0. The largest absolute Gasteiger partial charge is 0.289 e. The lowest BCUT2D eigenvalue weighted by Crippen LogP contribution is -2.23. The van der Waals surface area contributed by atoms with Gasteiger partial charge in [0, 0.05) is 26.8 Å². The Morgan fingerprint density at radius 1 is 0.477 bits per heavy atom. The SMILES string of the molecule is CC1(C)c2ccccc2-c2cc3c(cc21)c1ccccc1n3P(=O)(c1cccc2ccccc12)c1cccc2ccccc12. The summed E-state index contributed by atoms with van der Waals surface area (Å²) >= 11 is 0. The molecule has 0 aliphatic heterocycles. The molecule has 210 valence electrons. The van der Waals surface area contributed by atoms with Gasteiger partial charge in [-0.05, 0) is 74.1 Å². The minimum absolute atomic E-state index is 0.127. The third kappa shape index (κ3) is 3.29. The summed E-state index contributed by atoms with van der Waals surface area (Å²) in [6, 6.07) is 51.1. The van der Waals surface area contributed by atoms with E-state index in [0.29, 0.717) is 0 Å². The zero-order valence-electron chi connectivity index (χ0n) is 24.7. The predicted octanol–water partition coefficient (Wildman–Crippen LogP) is 10.2. The average Bonchev–Trinajstić information content (AvgIpc) is 3.51. The van der Waals surface area contributed by atoms with Crippen molar-refractivity contribution in [2.24, 2.45) is 0 Å². The van der Waals surface area contributed by atoms with E-state index >= 15 is 4.57 Å². The molecule has 7 aromatic carbocycles. The number of rotatable bonds is 3. The molecule has 0 radical (unpaired) electrons. The Hall–Kier alpha value is -4.91. The van der Waals surface area contributed by atoms with Crippen LogP contribution in [0.15, 0.2) is 146 Å². The molecular formula is C41H30NOP. The van der Waals surface area contributed by atoms with E-state index in [1.165, 1.54) is 22.3 Å². The highest BCUT2D eigenvalue weighted by atomic mass is 31.2. The molecule has 2 nitrogen and oxygen atoms in total. The lowest BCUT2D eigenvalue weighted by Gasteiger charge is -2.26. The van der Waals surface area contributed by atoms with Crippen LogP contribution in [-0.2, 0) is 9.98 Å². The molecule has 3 heteroatoms. The molecule has 1 heterocycles. The first-order valence-electron chi connectivity index (χ1n) is 15.2. The molecule has 0 spiro atoms. The highest BCUT2D eigenvalue weighted by Crippen LogP contribution is 2.56. The van der Waals surface area contributed by atoms with Crippen LogP contribution in [0.2, 0.25) is 0 Å². The zero-order valence-corrected chi connectivity index (χ0v) is 25.6. The van der Waals surface area contributed by atoms with E-state index in [1.807, 2.05) is 0 Å². The Morgan fingerprint density at radius 3 is 1.70 bits per heavy atom. The fraction of sp³-hybridized carbons (Fsp3) is 0.0732. The van der Waals surface area contributed by atoms with Crippen molar-refractivity contribution >= 4 is 61.3 Å². The van der Waals surface area contributed by atoms with E-state index < -0.39 is 7.29 Å². The molecule has 0 N–H and O–H groups in total. The highest BCUT2D eigenvalue weighted by Gasteiger charge is 2.39. The van der Waals surface area contributed by atoms with Crippen LogP contribution in [0.5, 0.6) is 0 Å². The van der Waals surface area contributed by atoms with Crippen LogP contribution in [0, 0.1) is 0 Å². The monoisotopic (exact) mass is 583 g/mol. The van der Waals surface area contributed by atoms with Crippen molar-refractivity contribution in [2.75, 3.05) is 0 Å². The first kappa shape index (κ1) is 25.6. The molecule has 0 fully saturated rings. The zero-order chi connectivity index (χ0) is 29.6. The van der Waals surface area contributed by atoms with Crippen molar-refractivity contribution in [3.05, 3.63) is 157 Å². The number of fused-ring (bicyclic) bond motifs is 8. The lowest BCUT2D eigenvalue weighted by molar-refractivity contribution is 0.584. The summed E-state index contributed by atoms with van der Waals surface area (Å²) in [6.45, 7) is 4.64. The summed E-state index contributed by atoms with van der Waals surface area (Å²) in [6.07, 6.45) is 0. The molecule has 1 aromatic heterocycles. The van der Waals surface area contributed by atoms with E-state index in [0.717, 1.165) is 54.0 Å². The Morgan fingerprint density at radius 2 is 1.02 bits per heavy atom. The summed E-state index contributed by atoms with van der Waals surface area (Å²) in [5.41, 5.74) is 7.01. The second kappa shape index (κ2) is 9.05. The minimum atomic E-state index is -3.54. The molecule has 0 bridgehead atoms. The van der Waals surface area contributed by atoms with Crippen molar-refractivity contribution in [3.63, 3.8) is 0 Å². The number of aromatic nitrogens is 1. The molecule has 0 saturated carbocycles. The van der Waals surface area contributed by atoms with Gasteiger partial charge in [-0.1, -0.05) is 129 Å². The van der Waals surface area contributed by atoms with Crippen molar-refractivity contribution < 1.29 is 4.57 Å². The summed E-state index contributed by atoms with van der Waals surface area (Å²) in [4.78, 5) is 0. The van der Waals surface area contributed by atoms with Crippen molar-refractivity contribution in [3.8, 4) is 11.1 Å². The van der Waals surface area contributed by atoms with Gasteiger partial charge < -0.3 is 0 Å². The maximum atomic E-state index is 16.8. The fourth-order valence-corrected chi connectivity index (χ4v) is 11.0. The summed E-state index contributed by atoms with van der Waals surface area (Å²) in [7, 11) is -3.54. The molecule has 0 saturated heterocycles. The number of nitrogens with zero attached hydrogens (tertiary/aromatic N) is 1. The number of hydrogen-bond donors (Lipinski definition) is 0. The first-order chi connectivity index (χ1) is 21.5. The Bertz CT molecular complexity index is 2420. The van der Waals surface area contributed by atoms with Crippen molar-refractivity contribution in [1.82, 2.24) is 4.34 Å². The van der Waals surface area contributed by atoms with Gasteiger partial charge in [0.2, 0.25) is 7.29 Å². The van der Waals surface area contributed by atoms with Crippen LogP contribution in [0.4, 0.5) is 0 Å². The van der Waals surface area contributed by atoms with Gasteiger partial charge in [0.1, 0.15) is 0 Å². The molecule has 8 aromatic rings. The average molecular weight is 584 g/mol. The highest BCUT2D eigenvalue weighted by molar-refractivity contribution is 7.78. The van der Waals surface area contributed by atoms with Gasteiger partial charge in [0.05, 0.1) is 11.0 Å². The second-order valence-electron chi connectivity index (χ2n) is 12.5. The van der Waals surface area contributed by atoms with Gasteiger partial charge >= 0.3 is 0 Å². The maximum absolute atomic E-state index is 16.8. The van der Waals surface area contributed by atoms with E-state index in [9.17, 15) is 0 Å². The lowest BCUT2D eigenvalue weighted by atomic mass is 9.82. The maximum Gasteiger partial charge on any atom is 0.235 e. The number of para-hydroxylation sites is 1. The molecular weight excluding hydrogens is 553 g/mol. The first-order valence-corrected chi connectivity index (χ1v) is 16.9. The molecule has 1 aliphatic carbocycles. The standard InChI is InChI=1S/C41H30NOP/c1-41(2)35-21-9-7-19-31(35)33-26-38-34(25-36(33)41)32-20-8-10-22-37(32)42(38)44(43,39-23-11-15-27-13-3-5-17-29(27)39)40-24-12-16-28-14-4-6-18-30(28)40/h3-26H,1-2H3. The van der Waals surface area contributed by atoms with E-state index in [1.54, 1.807) is 0 Å². The van der Waals surface area contributed by atoms with Crippen LogP contribution in [-0.4, -0.2) is 4.34 Å². The van der Waals surface area contributed by atoms with Crippen LogP contribution in [0.1, 0.15) is 25.0 Å². The van der Waals surface area contributed by atoms with E-state index in [-0.39, 0.29) is 5.41 Å². The Labute approximate surface area is 256 Å². The molecule has 44 heavy (non-hydrogen) atoms. The predicted molar refractivity (Wildman–Crippen MR) is 187 cm³/mol. The van der Waals surface area contributed by atoms with Gasteiger partial charge in [0.25, 0.3) is 0 Å². The molecule has 9 rings (SSSR count). The molecule has 0 atom stereocenters. The van der Waals surface area contributed by atoms with Crippen LogP contribution < -0.4 is 10.6 Å². The quantitative estimate of drug-likeness (QED) is 0.190. The minimum Gasteiger partial charge on any atom is -0.289 e. The topological polar surface area (TPSA) is 22.0 Å². The van der Waals surface area contributed by atoms with Gasteiger partial charge in [0.15, 0.2) is 0 Å². The van der Waals surface area contributed by atoms with Crippen molar-refractivity contribution in [2.45, 2.75) is 19.3 Å². The Balaban J connectivity index is 1.50. The fourth-order valence-electron chi connectivity index (χ4n) is 7.74. The van der Waals surface area contributed by atoms with Crippen LogP contribution >= 0.6 is 7.29 Å². The van der Waals surface area contributed by atoms with Gasteiger partial charge in [-0.2, -0.15) is 0 Å². The smallest absolute Gasteiger partial charge is 0.235 e. The van der Waals surface area contributed by atoms with Crippen molar-refractivity contribution in [1.29, 1.82) is 0 Å². The normalized spacial score (nSPS) is 14.0. The molecule has 0 unspecified atom stereocenters. The summed E-state index contributed by atoms with van der Waals surface area (Å²) < 4.78 is 19.0. The van der Waals surface area contributed by atoms with Gasteiger partial charge in [-0.15, -0.1) is 0 Å². The molecule has 1 aliphatic rings. The number of benzene rings is 7. The van der Waals surface area contributed by atoms with E-state index in [2.05, 4.69) is 164 Å². The van der Waals surface area contributed by atoms with Gasteiger partial charge in [-0.25, -0.2) is 0 Å². The van der Waals surface area contributed by atoms with Gasteiger partial charge in [-0.3, -0.25) is 8.90 Å². The van der Waals surface area contributed by atoms with E-state index in [4.69, 9.17) is 0 Å².